The number of quaternary nitrogens is 1. The average molecular weight is 383 g/mol. The standard InChI is InChI=1S/C19H21F3N2O3/c1-12(18(25)23-15-7-5-4-6-14(15)20)24(2)11-13-8-9-16(27-19(21)22)17(10-13)26-3/h4-10,12,19H,11H2,1-3H3,(H,23,25)/p+1/t12-/m0/s1. The second kappa shape index (κ2) is 9.27. The maximum atomic E-state index is 13.7. The molecule has 5 nitrogen and oxygen atoms in total. The second-order valence-electron chi connectivity index (χ2n) is 6.08. The van der Waals surface area contributed by atoms with Crippen molar-refractivity contribution < 1.29 is 32.3 Å². The molecule has 0 aliphatic heterocycles. The zero-order valence-electron chi connectivity index (χ0n) is 15.3. The Morgan fingerprint density at radius 1 is 1.19 bits per heavy atom. The molecule has 1 amide bonds. The summed E-state index contributed by atoms with van der Waals surface area (Å²) in [4.78, 5) is 13.2. The minimum atomic E-state index is -2.94. The Balaban J connectivity index is 2.04. The van der Waals surface area contributed by atoms with E-state index in [4.69, 9.17) is 4.74 Å². The number of ether oxygens (including phenoxy) is 2. The van der Waals surface area contributed by atoms with E-state index in [0.717, 1.165) is 10.5 Å². The maximum Gasteiger partial charge on any atom is 0.387 e. The number of hydrogen-bond acceptors (Lipinski definition) is 3. The molecule has 0 saturated carbocycles. The van der Waals surface area contributed by atoms with Gasteiger partial charge < -0.3 is 19.7 Å². The number of benzene rings is 2. The Hall–Kier alpha value is -2.74. The first-order valence-corrected chi connectivity index (χ1v) is 8.31. The number of anilines is 1. The van der Waals surface area contributed by atoms with Crippen LogP contribution in [0.4, 0.5) is 18.9 Å². The Labute approximate surface area is 155 Å². The fraction of sp³-hybridized carbons (Fsp3) is 0.316. The molecule has 2 aromatic rings. The van der Waals surface area contributed by atoms with E-state index in [1.54, 1.807) is 31.2 Å². The lowest BCUT2D eigenvalue weighted by molar-refractivity contribution is -0.907. The lowest BCUT2D eigenvalue weighted by Gasteiger charge is -2.21. The monoisotopic (exact) mass is 383 g/mol. The SMILES string of the molecule is COc1cc(C[NH+](C)[C@@H](C)C(=O)Nc2ccccc2F)ccc1OC(F)F. The van der Waals surface area contributed by atoms with Crippen molar-refractivity contribution >= 4 is 11.6 Å². The Morgan fingerprint density at radius 2 is 1.89 bits per heavy atom. The Morgan fingerprint density at radius 3 is 2.52 bits per heavy atom. The van der Waals surface area contributed by atoms with Crippen LogP contribution in [-0.2, 0) is 11.3 Å². The Bertz CT molecular complexity index is 787. The van der Waals surface area contributed by atoms with Crippen molar-refractivity contribution in [1.82, 2.24) is 0 Å². The van der Waals surface area contributed by atoms with Crippen LogP contribution in [0.1, 0.15) is 12.5 Å². The number of carbonyl (C=O) groups excluding carboxylic acids is 1. The molecule has 2 rings (SSSR count). The van der Waals surface area contributed by atoms with E-state index >= 15 is 0 Å². The smallest absolute Gasteiger partial charge is 0.387 e. The quantitative estimate of drug-likeness (QED) is 0.737. The number of amides is 1. The molecular formula is C19H22F3N2O3+. The van der Waals surface area contributed by atoms with Crippen LogP contribution in [-0.4, -0.2) is 32.7 Å². The molecule has 0 fully saturated rings. The van der Waals surface area contributed by atoms with Gasteiger partial charge in [-0.1, -0.05) is 12.1 Å². The van der Waals surface area contributed by atoms with Crippen LogP contribution >= 0.6 is 0 Å². The second-order valence-corrected chi connectivity index (χ2v) is 6.08. The van der Waals surface area contributed by atoms with Crippen molar-refractivity contribution in [2.45, 2.75) is 26.1 Å². The summed E-state index contributed by atoms with van der Waals surface area (Å²) in [6.45, 7) is -0.797. The highest BCUT2D eigenvalue weighted by molar-refractivity contribution is 5.93. The predicted molar refractivity (Wildman–Crippen MR) is 94.7 cm³/mol. The first-order valence-electron chi connectivity index (χ1n) is 8.31. The third kappa shape index (κ3) is 5.62. The topological polar surface area (TPSA) is 52.0 Å². The zero-order valence-corrected chi connectivity index (χ0v) is 15.3. The minimum absolute atomic E-state index is 0.0563. The summed E-state index contributed by atoms with van der Waals surface area (Å²) in [7, 11) is 3.17. The fourth-order valence-electron chi connectivity index (χ4n) is 2.52. The van der Waals surface area contributed by atoms with Crippen molar-refractivity contribution in [3.8, 4) is 11.5 Å². The Kier molecular flexibility index (Phi) is 7.06. The van der Waals surface area contributed by atoms with Gasteiger partial charge in [-0.3, -0.25) is 4.79 Å². The zero-order chi connectivity index (χ0) is 20.0. The molecule has 0 spiro atoms. The van der Waals surface area contributed by atoms with Crippen LogP contribution in [0.5, 0.6) is 11.5 Å². The van der Waals surface area contributed by atoms with Crippen LogP contribution in [0.3, 0.4) is 0 Å². The van der Waals surface area contributed by atoms with Crippen LogP contribution < -0.4 is 19.7 Å². The number of halogens is 3. The van der Waals surface area contributed by atoms with E-state index in [1.807, 2.05) is 7.05 Å². The summed E-state index contributed by atoms with van der Waals surface area (Å²) in [6, 6.07) is 10.1. The third-order valence-corrected chi connectivity index (χ3v) is 4.19. The molecule has 0 aliphatic rings. The van der Waals surface area contributed by atoms with E-state index < -0.39 is 18.5 Å². The number of likely N-dealkylation sites (N-methyl/N-ethyl adjacent to an activating group) is 1. The fourth-order valence-corrected chi connectivity index (χ4v) is 2.52. The lowest BCUT2D eigenvalue weighted by Crippen LogP contribution is -3.12. The van der Waals surface area contributed by atoms with Gasteiger partial charge in [0.25, 0.3) is 5.91 Å². The number of hydrogen-bond donors (Lipinski definition) is 2. The number of nitrogens with one attached hydrogen (secondary N) is 2. The van der Waals surface area contributed by atoms with Crippen molar-refractivity contribution in [3.63, 3.8) is 0 Å². The molecule has 2 N–H and O–H groups in total. The highest BCUT2D eigenvalue weighted by Gasteiger charge is 2.23. The van der Waals surface area contributed by atoms with E-state index in [2.05, 4.69) is 10.1 Å². The molecule has 8 heteroatoms. The summed E-state index contributed by atoms with van der Waals surface area (Å²) >= 11 is 0. The molecule has 0 aliphatic carbocycles. The maximum absolute atomic E-state index is 13.7. The van der Waals surface area contributed by atoms with E-state index in [0.29, 0.717) is 6.54 Å². The largest absolute Gasteiger partial charge is 0.493 e. The number of para-hydroxylation sites is 1. The summed E-state index contributed by atoms with van der Waals surface area (Å²) in [5, 5.41) is 2.57. The molecule has 1 unspecified atom stereocenters. The predicted octanol–water partition coefficient (Wildman–Crippen LogP) is 2.48. The van der Waals surface area contributed by atoms with Gasteiger partial charge in [-0.25, -0.2) is 4.39 Å². The molecule has 146 valence electrons. The number of methoxy groups -OCH3 is 1. The first kappa shape index (κ1) is 20.6. The van der Waals surface area contributed by atoms with Crippen molar-refractivity contribution in [3.05, 3.63) is 53.8 Å². The number of alkyl halides is 2. The molecule has 0 bridgehead atoms. The molecule has 0 radical (unpaired) electrons. The summed E-state index contributed by atoms with van der Waals surface area (Å²) in [5.74, 6) is -0.708. The van der Waals surface area contributed by atoms with Crippen molar-refractivity contribution in [2.24, 2.45) is 0 Å². The minimum Gasteiger partial charge on any atom is -0.493 e. The van der Waals surface area contributed by atoms with Crippen molar-refractivity contribution in [1.29, 1.82) is 0 Å². The number of rotatable bonds is 8. The summed E-state index contributed by atoms with van der Waals surface area (Å²) in [6.07, 6.45) is 0. The van der Waals surface area contributed by atoms with Gasteiger partial charge in [0.1, 0.15) is 12.4 Å². The van der Waals surface area contributed by atoms with Gasteiger partial charge in [0.15, 0.2) is 17.5 Å². The molecule has 2 aromatic carbocycles. The van der Waals surface area contributed by atoms with Crippen LogP contribution in [0.15, 0.2) is 42.5 Å². The van der Waals surface area contributed by atoms with Gasteiger partial charge in [-0.05, 0) is 37.3 Å². The van der Waals surface area contributed by atoms with Gasteiger partial charge in [0.2, 0.25) is 0 Å². The summed E-state index contributed by atoms with van der Waals surface area (Å²) < 4.78 is 47.9. The molecule has 2 atom stereocenters. The average Bonchev–Trinajstić information content (AvgIpc) is 2.63. The van der Waals surface area contributed by atoms with E-state index in [9.17, 15) is 18.0 Å². The van der Waals surface area contributed by atoms with Gasteiger partial charge in [-0.2, -0.15) is 8.78 Å². The molecule has 0 saturated heterocycles. The van der Waals surface area contributed by atoms with Gasteiger partial charge in [0, 0.05) is 5.56 Å². The van der Waals surface area contributed by atoms with Gasteiger partial charge in [-0.15, -0.1) is 0 Å². The first-order chi connectivity index (χ1) is 12.8. The van der Waals surface area contributed by atoms with Gasteiger partial charge >= 0.3 is 6.61 Å². The van der Waals surface area contributed by atoms with Crippen LogP contribution in [0.2, 0.25) is 0 Å². The normalized spacial score (nSPS) is 13.1. The molecule has 0 aromatic heterocycles. The number of carbonyl (C=O) groups is 1. The molecular weight excluding hydrogens is 361 g/mol. The van der Waals surface area contributed by atoms with Gasteiger partial charge in [0.05, 0.1) is 19.8 Å². The highest BCUT2D eigenvalue weighted by atomic mass is 19.3. The highest BCUT2D eigenvalue weighted by Crippen LogP contribution is 2.29. The van der Waals surface area contributed by atoms with E-state index in [1.165, 1.54) is 25.3 Å². The third-order valence-electron chi connectivity index (χ3n) is 4.19. The van der Waals surface area contributed by atoms with Crippen LogP contribution in [0, 0.1) is 5.82 Å². The summed E-state index contributed by atoms with van der Waals surface area (Å²) in [5.41, 5.74) is 0.897. The van der Waals surface area contributed by atoms with Crippen molar-refractivity contribution in [2.75, 3.05) is 19.5 Å². The van der Waals surface area contributed by atoms with Crippen LogP contribution in [0.25, 0.3) is 0 Å². The molecule has 0 heterocycles. The lowest BCUT2D eigenvalue weighted by atomic mass is 10.1. The molecule has 27 heavy (non-hydrogen) atoms. The van der Waals surface area contributed by atoms with E-state index in [-0.39, 0.29) is 23.1 Å².